The number of nitrogens with zero attached hydrogens (tertiary/aromatic N) is 1. The van der Waals surface area contributed by atoms with Gasteiger partial charge in [-0.05, 0) is 35.9 Å². The van der Waals surface area contributed by atoms with Crippen LogP contribution in [0.15, 0.2) is 42.5 Å². The number of hydrogen-bond acceptors (Lipinski definition) is 4. The Morgan fingerprint density at radius 3 is 2.41 bits per heavy atom. The Hall–Kier alpha value is -3.49. The second-order valence-electron chi connectivity index (χ2n) is 6.30. The van der Waals surface area contributed by atoms with Crippen molar-refractivity contribution in [2.45, 2.75) is 6.04 Å². The van der Waals surface area contributed by atoms with E-state index >= 15 is 0 Å². The molecular weight excluding hydrogens is 384 g/mol. The molecule has 0 fully saturated rings. The monoisotopic (exact) mass is 405 g/mol. The summed E-state index contributed by atoms with van der Waals surface area (Å²) in [5.74, 6) is -3.39. The van der Waals surface area contributed by atoms with Crippen LogP contribution in [0.5, 0.6) is 5.75 Å². The predicted molar refractivity (Wildman–Crippen MR) is 101 cm³/mol. The van der Waals surface area contributed by atoms with Gasteiger partial charge in [-0.25, -0.2) is 8.78 Å². The number of amides is 3. The summed E-state index contributed by atoms with van der Waals surface area (Å²) in [4.78, 5) is 37.8. The second kappa shape index (κ2) is 9.63. The molecule has 1 atom stereocenters. The van der Waals surface area contributed by atoms with Gasteiger partial charge in [-0.2, -0.15) is 0 Å². The van der Waals surface area contributed by atoms with E-state index in [1.165, 1.54) is 30.1 Å². The number of halogens is 2. The van der Waals surface area contributed by atoms with Crippen LogP contribution in [0.25, 0.3) is 0 Å². The summed E-state index contributed by atoms with van der Waals surface area (Å²) in [6.45, 7) is -0.201. The summed E-state index contributed by atoms with van der Waals surface area (Å²) in [6, 6.07) is 7.73. The minimum absolute atomic E-state index is 0.0839. The normalized spacial score (nSPS) is 11.3. The maximum Gasteiger partial charge on any atom is 0.259 e. The van der Waals surface area contributed by atoms with Crippen LogP contribution in [0.4, 0.5) is 8.78 Å². The van der Waals surface area contributed by atoms with Gasteiger partial charge in [-0.3, -0.25) is 14.4 Å². The average molecular weight is 405 g/mol. The first-order valence-corrected chi connectivity index (χ1v) is 8.63. The van der Waals surface area contributed by atoms with Gasteiger partial charge in [-0.1, -0.05) is 12.1 Å². The van der Waals surface area contributed by atoms with Gasteiger partial charge in [0.1, 0.15) is 11.8 Å². The number of carbonyl (C=O) groups excluding carboxylic acids is 3. The highest BCUT2D eigenvalue weighted by atomic mass is 19.2. The minimum Gasteiger partial charge on any atom is -0.484 e. The van der Waals surface area contributed by atoms with Crippen molar-refractivity contribution in [1.29, 1.82) is 0 Å². The molecule has 0 saturated heterocycles. The molecule has 0 radical (unpaired) electrons. The molecule has 154 valence electrons. The number of nitrogens with one attached hydrogen (secondary N) is 2. The van der Waals surface area contributed by atoms with E-state index in [4.69, 9.17) is 4.74 Å². The van der Waals surface area contributed by atoms with E-state index < -0.39 is 29.5 Å². The van der Waals surface area contributed by atoms with Crippen molar-refractivity contribution in [3.8, 4) is 5.75 Å². The molecule has 3 amide bonds. The standard InChI is InChI=1S/C20H21F2N3O4/c1-23-20(28)18(12-7-8-15(21)16(22)10-12)24-19(27)13-5-4-6-14(9-13)29-11-17(26)25(2)3/h4-10,18H,11H2,1-3H3,(H,23,28)(H,24,27). The molecule has 2 N–H and O–H groups in total. The van der Waals surface area contributed by atoms with Crippen molar-refractivity contribution < 1.29 is 27.9 Å². The Labute approximate surface area is 166 Å². The van der Waals surface area contributed by atoms with Crippen LogP contribution in [0.2, 0.25) is 0 Å². The van der Waals surface area contributed by atoms with Gasteiger partial charge >= 0.3 is 0 Å². The summed E-state index contributed by atoms with van der Waals surface area (Å²) < 4.78 is 32.1. The summed E-state index contributed by atoms with van der Waals surface area (Å²) in [5.41, 5.74) is 0.247. The van der Waals surface area contributed by atoms with Crippen molar-refractivity contribution in [2.24, 2.45) is 0 Å². The molecule has 0 aliphatic heterocycles. The summed E-state index contributed by atoms with van der Waals surface area (Å²) in [6.07, 6.45) is 0. The minimum atomic E-state index is -1.23. The topological polar surface area (TPSA) is 87.7 Å². The van der Waals surface area contributed by atoms with Gasteiger partial charge in [0.25, 0.3) is 11.8 Å². The summed E-state index contributed by atoms with van der Waals surface area (Å²) in [7, 11) is 4.54. The second-order valence-corrected chi connectivity index (χ2v) is 6.30. The Morgan fingerprint density at radius 1 is 1.07 bits per heavy atom. The van der Waals surface area contributed by atoms with Gasteiger partial charge in [-0.15, -0.1) is 0 Å². The van der Waals surface area contributed by atoms with E-state index in [0.717, 1.165) is 12.1 Å². The number of hydrogen-bond donors (Lipinski definition) is 2. The molecule has 2 rings (SSSR count). The molecule has 0 spiro atoms. The molecule has 0 bridgehead atoms. The van der Waals surface area contributed by atoms with Gasteiger partial charge in [0.05, 0.1) is 0 Å². The smallest absolute Gasteiger partial charge is 0.259 e. The van der Waals surface area contributed by atoms with Gasteiger partial charge in [0.15, 0.2) is 18.2 Å². The zero-order valence-corrected chi connectivity index (χ0v) is 16.2. The van der Waals surface area contributed by atoms with Crippen molar-refractivity contribution in [1.82, 2.24) is 15.5 Å². The quantitative estimate of drug-likeness (QED) is 0.733. The molecular formula is C20H21F2N3O4. The zero-order chi connectivity index (χ0) is 21.6. The Balaban J connectivity index is 2.19. The number of benzene rings is 2. The fourth-order valence-corrected chi connectivity index (χ4v) is 2.35. The highest BCUT2D eigenvalue weighted by Gasteiger charge is 2.24. The van der Waals surface area contributed by atoms with Crippen molar-refractivity contribution in [2.75, 3.05) is 27.7 Å². The Bertz CT molecular complexity index is 918. The molecule has 9 heteroatoms. The van der Waals surface area contributed by atoms with Gasteiger partial charge in [0, 0.05) is 26.7 Å². The molecule has 0 aliphatic rings. The molecule has 0 aliphatic carbocycles. The third kappa shape index (κ3) is 5.74. The first-order valence-electron chi connectivity index (χ1n) is 8.63. The van der Waals surface area contributed by atoms with Crippen LogP contribution in [-0.4, -0.2) is 50.4 Å². The highest BCUT2D eigenvalue weighted by Crippen LogP contribution is 2.19. The number of carbonyl (C=O) groups is 3. The average Bonchev–Trinajstić information content (AvgIpc) is 2.71. The van der Waals surface area contributed by atoms with E-state index in [0.29, 0.717) is 0 Å². The highest BCUT2D eigenvalue weighted by molar-refractivity contribution is 5.98. The Morgan fingerprint density at radius 2 is 1.79 bits per heavy atom. The van der Waals surface area contributed by atoms with Gasteiger partial charge < -0.3 is 20.3 Å². The lowest BCUT2D eigenvalue weighted by Crippen LogP contribution is -2.39. The fraction of sp³-hybridized carbons (Fsp3) is 0.250. The van der Waals surface area contributed by atoms with Crippen molar-refractivity contribution in [3.05, 3.63) is 65.2 Å². The van der Waals surface area contributed by atoms with Crippen LogP contribution < -0.4 is 15.4 Å². The SMILES string of the molecule is CNC(=O)C(NC(=O)c1cccc(OCC(=O)N(C)C)c1)c1ccc(F)c(F)c1. The number of rotatable bonds is 7. The van der Waals surface area contributed by atoms with Crippen molar-refractivity contribution in [3.63, 3.8) is 0 Å². The first kappa shape index (κ1) is 21.8. The number of ether oxygens (including phenoxy) is 1. The van der Waals surface area contributed by atoms with Crippen LogP contribution in [-0.2, 0) is 9.59 Å². The van der Waals surface area contributed by atoms with Gasteiger partial charge in [0.2, 0.25) is 5.91 Å². The lowest BCUT2D eigenvalue weighted by atomic mass is 10.0. The molecule has 7 nitrogen and oxygen atoms in total. The van der Waals surface area contributed by atoms with Crippen LogP contribution >= 0.6 is 0 Å². The molecule has 2 aromatic carbocycles. The third-order valence-corrected chi connectivity index (χ3v) is 4.02. The molecule has 0 saturated carbocycles. The molecule has 1 unspecified atom stereocenters. The van der Waals surface area contributed by atoms with Crippen molar-refractivity contribution >= 4 is 17.7 Å². The number of likely N-dealkylation sites (N-methyl/N-ethyl adjacent to an activating group) is 2. The van der Waals surface area contributed by atoms with E-state index in [9.17, 15) is 23.2 Å². The predicted octanol–water partition coefficient (Wildman–Crippen LogP) is 1.65. The maximum absolute atomic E-state index is 13.6. The molecule has 2 aromatic rings. The maximum atomic E-state index is 13.6. The first-order chi connectivity index (χ1) is 13.7. The van der Waals surface area contributed by atoms with E-state index in [1.807, 2.05) is 0 Å². The third-order valence-electron chi connectivity index (χ3n) is 4.02. The summed E-state index contributed by atoms with van der Waals surface area (Å²) in [5, 5.41) is 4.86. The molecule has 29 heavy (non-hydrogen) atoms. The van der Waals surface area contributed by atoms with Crippen LogP contribution in [0.3, 0.4) is 0 Å². The van der Waals surface area contributed by atoms with E-state index in [-0.39, 0.29) is 29.4 Å². The lowest BCUT2D eigenvalue weighted by Gasteiger charge is -2.18. The zero-order valence-electron chi connectivity index (χ0n) is 16.2. The van der Waals surface area contributed by atoms with E-state index in [2.05, 4.69) is 10.6 Å². The summed E-state index contributed by atoms with van der Waals surface area (Å²) >= 11 is 0. The Kier molecular flexibility index (Phi) is 7.24. The van der Waals surface area contributed by atoms with Crippen LogP contribution in [0, 0.1) is 11.6 Å². The molecule has 0 heterocycles. The largest absolute Gasteiger partial charge is 0.484 e. The van der Waals surface area contributed by atoms with Crippen LogP contribution in [0.1, 0.15) is 22.0 Å². The fourth-order valence-electron chi connectivity index (χ4n) is 2.35. The molecule has 0 aromatic heterocycles. The van der Waals surface area contributed by atoms with E-state index in [1.54, 1.807) is 26.2 Å². The lowest BCUT2D eigenvalue weighted by molar-refractivity contribution is -0.130.